The van der Waals surface area contributed by atoms with Gasteiger partial charge in [0.2, 0.25) is 5.92 Å². The summed E-state index contributed by atoms with van der Waals surface area (Å²) in [5.74, 6) is -2.45. The Morgan fingerprint density at radius 2 is 1.86 bits per heavy atom. The van der Waals surface area contributed by atoms with Crippen LogP contribution in [0.15, 0.2) is 30.5 Å². The van der Waals surface area contributed by atoms with Crippen molar-refractivity contribution in [1.29, 1.82) is 0 Å². The fraction of sp³-hybridized carbons (Fsp3) is 0.556. The summed E-state index contributed by atoms with van der Waals surface area (Å²) in [5.41, 5.74) is 4.19. The van der Waals surface area contributed by atoms with Gasteiger partial charge in [-0.3, -0.25) is 4.79 Å². The average molecular weight is 489 g/mol. The number of aromatic nitrogens is 1. The molecule has 0 saturated carbocycles. The number of hydrogen-bond acceptors (Lipinski definition) is 5. The van der Waals surface area contributed by atoms with Gasteiger partial charge in [-0.25, -0.2) is 13.8 Å². The Kier molecular flexibility index (Phi) is 7.31. The molecule has 0 atom stereocenters. The molecule has 0 radical (unpaired) electrons. The molecule has 0 unspecified atom stereocenters. The van der Waals surface area contributed by atoms with Crippen LogP contribution in [-0.2, 0) is 4.74 Å². The Hall–Kier alpha value is -2.74. The molecule has 3 aliphatic heterocycles. The molecule has 35 heavy (non-hydrogen) atoms. The molecule has 1 spiro atoms. The lowest BCUT2D eigenvalue weighted by Gasteiger charge is -2.56. The van der Waals surface area contributed by atoms with E-state index in [9.17, 15) is 13.6 Å². The quantitative estimate of drug-likeness (QED) is 0.600. The van der Waals surface area contributed by atoms with Crippen molar-refractivity contribution < 1.29 is 19.7 Å². The first-order valence-corrected chi connectivity index (χ1v) is 12.6. The van der Waals surface area contributed by atoms with Gasteiger partial charge in [0, 0.05) is 46.1 Å². The molecule has 6 nitrogen and oxygen atoms in total. The van der Waals surface area contributed by atoms with Crippen LogP contribution in [0.1, 0.15) is 56.0 Å². The highest BCUT2D eigenvalue weighted by atomic mass is 19.3. The van der Waals surface area contributed by atoms with Gasteiger partial charge in [-0.2, -0.15) is 0 Å². The van der Waals surface area contributed by atoms with Crippen LogP contribution in [0.2, 0.25) is 0 Å². The largest absolute Gasteiger partial charge is 0.380 e. The summed E-state index contributed by atoms with van der Waals surface area (Å²) in [6.07, 6.45) is 1.79. The number of pyridine rings is 1. The number of anilines is 3. The number of hydrogen-bond donors (Lipinski definition) is 1. The van der Waals surface area contributed by atoms with E-state index in [4.69, 9.17) is 4.74 Å². The molecule has 1 aromatic heterocycles. The van der Waals surface area contributed by atoms with Crippen molar-refractivity contribution in [3.63, 3.8) is 0 Å². The number of nitrogens with one attached hydrogen (secondary N) is 1. The van der Waals surface area contributed by atoms with E-state index in [-0.39, 0.29) is 32.1 Å². The van der Waals surface area contributed by atoms with Gasteiger partial charge >= 0.3 is 0 Å². The predicted molar refractivity (Wildman–Crippen MR) is 138 cm³/mol. The van der Waals surface area contributed by atoms with Gasteiger partial charge in [0.1, 0.15) is 5.82 Å². The molecule has 3 saturated heterocycles. The van der Waals surface area contributed by atoms with Crippen LogP contribution in [0.25, 0.3) is 0 Å². The summed E-state index contributed by atoms with van der Waals surface area (Å²) < 4.78 is 33.4. The minimum Gasteiger partial charge on any atom is -0.380 e. The summed E-state index contributed by atoms with van der Waals surface area (Å²) in [7, 11) is 0. The average Bonchev–Trinajstić information content (AvgIpc) is 2.94. The molecule has 1 aromatic carbocycles. The molecule has 192 valence electrons. The number of carbonyl (C=O) groups is 1. The lowest BCUT2D eigenvalue weighted by Crippen LogP contribution is -2.66. The van der Waals surface area contributed by atoms with Crippen molar-refractivity contribution in [3.8, 4) is 0 Å². The molecule has 2 aromatic rings. The first kappa shape index (κ1) is 25.4. The molecule has 8 heteroatoms. The van der Waals surface area contributed by atoms with Crippen molar-refractivity contribution >= 4 is 23.1 Å². The van der Waals surface area contributed by atoms with Gasteiger partial charge in [-0.1, -0.05) is 26.0 Å². The molecule has 0 bridgehead atoms. The van der Waals surface area contributed by atoms with Crippen LogP contribution in [-0.4, -0.2) is 56.2 Å². The second-order valence-corrected chi connectivity index (χ2v) is 9.84. The van der Waals surface area contributed by atoms with E-state index in [1.165, 1.54) is 0 Å². The third-order valence-corrected chi connectivity index (χ3v) is 7.02. The van der Waals surface area contributed by atoms with Crippen LogP contribution in [0, 0.1) is 19.3 Å². The summed E-state index contributed by atoms with van der Waals surface area (Å²) in [5, 5.41) is 3.00. The van der Waals surface area contributed by atoms with Gasteiger partial charge in [0.15, 0.2) is 0 Å². The number of carbonyl (C=O) groups excluding carboxylic acids is 1. The maximum atomic E-state index is 14.0. The maximum Gasteiger partial charge on any atom is 0.259 e. The minimum absolute atomic E-state index is 0. The Morgan fingerprint density at radius 1 is 1.11 bits per heavy atom. The molecule has 3 aliphatic rings. The summed E-state index contributed by atoms with van der Waals surface area (Å²) >= 11 is 0. The van der Waals surface area contributed by atoms with Gasteiger partial charge in [0.25, 0.3) is 5.91 Å². The van der Waals surface area contributed by atoms with E-state index >= 15 is 0 Å². The number of alkyl halides is 2. The zero-order valence-electron chi connectivity index (χ0n) is 21.2. The van der Waals surface area contributed by atoms with Crippen molar-refractivity contribution in [3.05, 3.63) is 47.2 Å². The topological polar surface area (TPSA) is 57.7 Å². The Bertz CT molecular complexity index is 1070. The second kappa shape index (κ2) is 10.1. The lowest BCUT2D eigenvalue weighted by atomic mass is 9.77. The number of halogens is 2. The van der Waals surface area contributed by atoms with Gasteiger partial charge in [-0.15, -0.1) is 0 Å². The van der Waals surface area contributed by atoms with E-state index in [1.54, 1.807) is 6.20 Å². The van der Waals surface area contributed by atoms with Crippen molar-refractivity contribution in [2.45, 2.75) is 52.9 Å². The number of aryl methyl sites for hydroxylation is 1. The molecule has 3 fully saturated rings. The maximum absolute atomic E-state index is 14.0. The molecule has 1 amide bonds. The predicted octanol–water partition coefficient (Wildman–Crippen LogP) is 5.69. The van der Waals surface area contributed by atoms with Crippen molar-refractivity contribution in [2.24, 2.45) is 5.41 Å². The molecular formula is C27H38F2N4O2. The van der Waals surface area contributed by atoms with Crippen LogP contribution in [0.3, 0.4) is 0 Å². The summed E-state index contributed by atoms with van der Waals surface area (Å²) in [6.45, 7) is 11.8. The first-order chi connectivity index (χ1) is 16.8. The molecule has 4 heterocycles. The normalized spacial score (nSPS) is 20.2. The lowest BCUT2D eigenvalue weighted by molar-refractivity contribution is -0.127. The van der Waals surface area contributed by atoms with Crippen LogP contribution >= 0.6 is 0 Å². The van der Waals surface area contributed by atoms with Crippen LogP contribution in [0.4, 0.5) is 26.0 Å². The number of ether oxygens (including phenoxy) is 1. The number of amides is 1. The minimum atomic E-state index is -2.68. The Balaban J connectivity index is 0.00000117. The highest BCUT2D eigenvalue weighted by Crippen LogP contribution is 2.42. The van der Waals surface area contributed by atoms with E-state index in [0.717, 1.165) is 43.1 Å². The van der Waals surface area contributed by atoms with Crippen LogP contribution < -0.4 is 15.1 Å². The van der Waals surface area contributed by atoms with E-state index in [0.29, 0.717) is 30.0 Å². The Labute approximate surface area is 208 Å². The molecule has 0 aliphatic carbocycles. The van der Waals surface area contributed by atoms with Gasteiger partial charge in [0.05, 0.1) is 36.1 Å². The standard InChI is InChI=1S/C25H30F2N4O2.C2H6.H2/c1-17-5-3-6-19(11-17)29-23(32)21-18(2)20(31-13-24(14-31)15-33-16-24)12-28-22(21)30-9-4-7-25(26,27)8-10-30;1-2;/h3,5-6,11-12H,4,7-10,13-16H2,1-2H3,(H,29,32);1-2H3;1H. The first-order valence-electron chi connectivity index (χ1n) is 12.6. The SMILES string of the molecule is CC.Cc1cccc(NC(=O)c2c(N3CCCC(F)(F)CC3)ncc(N3CC4(COC4)C3)c2C)c1.[HH]. The van der Waals surface area contributed by atoms with E-state index in [2.05, 4.69) is 15.2 Å². The number of benzene rings is 1. The van der Waals surface area contributed by atoms with Crippen molar-refractivity contribution in [1.82, 2.24) is 4.98 Å². The fourth-order valence-corrected chi connectivity index (χ4v) is 5.11. The molecule has 5 rings (SSSR count). The van der Waals surface area contributed by atoms with E-state index in [1.807, 2.05) is 56.9 Å². The fourth-order valence-electron chi connectivity index (χ4n) is 5.11. The third-order valence-electron chi connectivity index (χ3n) is 7.02. The highest BCUT2D eigenvalue weighted by molar-refractivity contribution is 6.09. The van der Waals surface area contributed by atoms with Gasteiger partial charge in [-0.05, 0) is 43.5 Å². The second-order valence-electron chi connectivity index (χ2n) is 9.84. The molecule has 1 N–H and O–H groups in total. The number of rotatable bonds is 4. The zero-order chi connectivity index (χ0) is 25.2. The van der Waals surface area contributed by atoms with Gasteiger partial charge < -0.3 is 19.9 Å². The Morgan fingerprint density at radius 3 is 2.51 bits per heavy atom. The zero-order valence-corrected chi connectivity index (χ0v) is 21.2. The molecular weight excluding hydrogens is 450 g/mol. The van der Waals surface area contributed by atoms with Crippen LogP contribution in [0.5, 0.6) is 0 Å². The summed E-state index contributed by atoms with van der Waals surface area (Å²) in [6, 6.07) is 7.62. The highest BCUT2D eigenvalue weighted by Gasteiger charge is 2.49. The van der Waals surface area contributed by atoms with E-state index < -0.39 is 5.92 Å². The number of nitrogens with zero attached hydrogens (tertiary/aromatic N) is 3. The van der Waals surface area contributed by atoms with Crippen molar-refractivity contribution in [2.75, 3.05) is 54.5 Å². The monoisotopic (exact) mass is 488 g/mol. The smallest absolute Gasteiger partial charge is 0.259 e. The summed E-state index contributed by atoms with van der Waals surface area (Å²) in [4.78, 5) is 22.3. The third kappa shape index (κ3) is 5.27.